The Morgan fingerprint density at radius 3 is 2.56 bits per heavy atom. The molecule has 1 fully saturated rings. The molecule has 0 aliphatic heterocycles. The van der Waals surface area contributed by atoms with Gasteiger partial charge in [0.25, 0.3) is 0 Å². The average molecular weight is 441 g/mol. The molecule has 27 heavy (non-hydrogen) atoms. The molecule has 0 atom stereocenters. The number of hydrogen-bond donors (Lipinski definition) is 1. The highest BCUT2D eigenvalue weighted by Crippen LogP contribution is 2.38. The van der Waals surface area contributed by atoms with Crippen molar-refractivity contribution in [3.63, 3.8) is 0 Å². The molecule has 0 unspecified atom stereocenters. The van der Waals surface area contributed by atoms with E-state index in [2.05, 4.69) is 9.97 Å². The van der Waals surface area contributed by atoms with Crippen LogP contribution in [0.3, 0.4) is 0 Å². The van der Waals surface area contributed by atoms with E-state index >= 15 is 0 Å². The minimum Gasteiger partial charge on any atom is -0.477 e. The molecular weight excluding hydrogens is 420 g/mol. The second kappa shape index (κ2) is 10.0. The molecule has 1 aliphatic rings. The van der Waals surface area contributed by atoms with Gasteiger partial charge >= 0.3 is 5.97 Å². The second-order valence-electron chi connectivity index (χ2n) is 6.26. The summed E-state index contributed by atoms with van der Waals surface area (Å²) < 4.78 is 0. The van der Waals surface area contributed by atoms with Crippen molar-refractivity contribution in [2.24, 2.45) is 0 Å². The summed E-state index contributed by atoms with van der Waals surface area (Å²) in [6.07, 6.45) is 7.81. The third kappa shape index (κ3) is 5.56. The number of aromatic carboxylic acids is 1. The molecule has 1 saturated carbocycles. The number of nitrogens with zero attached hydrogens (tertiary/aromatic N) is 2. The van der Waals surface area contributed by atoms with Gasteiger partial charge in [0.15, 0.2) is 5.16 Å². The van der Waals surface area contributed by atoms with E-state index < -0.39 is 5.97 Å². The molecule has 4 nitrogen and oxygen atoms in total. The molecule has 1 heterocycles. The predicted molar refractivity (Wildman–Crippen MR) is 115 cm³/mol. The van der Waals surface area contributed by atoms with Crippen LogP contribution >= 0.6 is 46.9 Å². The number of rotatable bonds is 7. The lowest BCUT2D eigenvalue weighted by atomic mass is 10.0. The number of benzene rings is 1. The SMILES string of the molecule is CSc1nc(SCc2ccccc2Cl)c(C(=O)O)c(SC2CCCCC2)n1. The van der Waals surface area contributed by atoms with Crippen molar-refractivity contribution < 1.29 is 9.90 Å². The van der Waals surface area contributed by atoms with Gasteiger partial charge in [-0.15, -0.1) is 23.5 Å². The maximum Gasteiger partial charge on any atom is 0.341 e. The summed E-state index contributed by atoms with van der Waals surface area (Å²) in [6.45, 7) is 0. The lowest BCUT2D eigenvalue weighted by Crippen LogP contribution is -2.12. The lowest BCUT2D eigenvalue weighted by molar-refractivity contribution is 0.0686. The van der Waals surface area contributed by atoms with E-state index in [0.717, 1.165) is 18.4 Å². The summed E-state index contributed by atoms with van der Waals surface area (Å²) in [4.78, 5) is 21.0. The van der Waals surface area contributed by atoms with Crippen LogP contribution in [0, 0.1) is 0 Å². The standard InChI is InChI=1S/C19H21ClN2O2S3/c1-25-19-21-16(26-11-12-7-5-6-10-14(12)20)15(18(23)24)17(22-19)27-13-8-3-2-4-9-13/h5-7,10,13H,2-4,8-9,11H2,1H3,(H,23,24). The Hall–Kier alpha value is -0.890. The largest absolute Gasteiger partial charge is 0.477 e. The number of carboxylic acids is 1. The molecule has 0 radical (unpaired) electrons. The Morgan fingerprint density at radius 2 is 1.89 bits per heavy atom. The van der Waals surface area contributed by atoms with Crippen molar-refractivity contribution in [1.82, 2.24) is 9.97 Å². The first-order valence-corrected chi connectivity index (χ1v) is 12.3. The number of thioether (sulfide) groups is 3. The van der Waals surface area contributed by atoms with Crippen molar-refractivity contribution >= 4 is 52.9 Å². The highest BCUT2D eigenvalue weighted by atomic mass is 35.5. The van der Waals surface area contributed by atoms with Crippen molar-refractivity contribution in [2.45, 2.75) is 58.3 Å². The Bertz CT molecular complexity index is 814. The molecule has 0 amide bonds. The highest BCUT2D eigenvalue weighted by Gasteiger charge is 2.25. The maximum atomic E-state index is 12.0. The number of carbonyl (C=O) groups is 1. The smallest absolute Gasteiger partial charge is 0.341 e. The quantitative estimate of drug-likeness (QED) is 0.309. The monoisotopic (exact) mass is 440 g/mol. The zero-order chi connectivity index (χ0) is 19.2. The van der Waals surface area contributed by atoms with Crippen LogP contribution in [0.25, 0.3) is 0 Å². The van der Waals surface area contributed by atoms with Gasteiger partial charge in [-0.3, -0.25) is 0 Å². The highest BCUT2D eigenvalue weighted by molar-refractivity contribution is 8.00. The van der Waals surface area contributed by atoms with Crippen molar-refractivity contribution in [3.05, 3.63) is 40.4 Å². The van der Waals surface area contributed by atoms with Crippen molar-refractivity contribution in [3.8, 4) is 0 Å². The van der Waals surface area contributed by atoms with Crippen LogP contribution in [0.2, 0.25) is 5.02 Å². The van der Waals surface area contributed by atoms with Gasteiger partial charge in [0, 0.05) is 16.0 Å². The summed E-state index contributed by atoms with van der Waals surface area (Å²) in [5, 5.41) is 12.7. The van der Waals surface area contributed by atoms with Gasteiger partial charge in [0.2, 0.25) is 0 Å². The fraction of sp³-hybridized carbons (Fsp3) is 0.421. The van der Waals surface area contributed by atoms with Crippen LogP contribution in [0.5, 0.6) is 0 Å². The molecule has 2 aromatic rings. The van der Waals surface area contributed by atoms with E-state index in [1.54, 1.807) is 11.8 Å². The Kier molecular flexibility index (Phi) is 7.75. The van der Waals surface area contributed by atoms with E-state index in [0.29, 0.717) is 31.2 Å². The summed E-state index contributed by atoms with van der Waals surface area (Å²) >= 11 is 10.7. The topological polar surface area (TPSA) is 63.1 Å². The van der Waals surface area contributed by atoms with Crippen LogP contribution in [-0.2, 0) is 5.75 Å². The fourth-order valence-electron chi connectivity index (χ4n) is 2.97. The molecule has 0 bridgehead atoms. The summed E-state index contributed by atoms with van der Waals surface area (Å²) in [6, 6.07) is 7.60. The second-order valence-corrected chi connectivity index (χ2v) is 9.69. The molecule has 0 spiro atoms. The summed E-state index contributed by atoms with van der Waals surface area (Å²) in [5.74, 6) is -0.402. The first kappa shape index (κ1) is 20.8. The van der Waals surface area contributed by atoms with E-state index in [1.165, 1.54) is 42.8 Å². The summed E-state index contributed by atoms with van der Waals surface area (Å²) in [5.41, 5.74) is 1.19. The van der Waals surface area contributed by atoms with Crippen molar-refractivity contribution in [1.29, 1.82) is 0 Å². The third-order valence-corrected chi connectivity index (χ3v) is 7.64. The van der Waals surface area contributed by atoms with Crippen LogP contribution < -0.4 is 0 Å². The summed E-state index contributed by atoms with van der Waals surface area (Å²) in [7, 11) is 0. The zero-order valence-electron chi connectivity index (χ0n) is 15.0. The normalized spacial score (nSPS) is 15.0. The van der Waals surface area contributed by atoms with E-state index in [9.17, 15) is 9.90 Å². The molecule has 0 saturated heterocycles. The van der Waals surface area contributed by atoms with E-state index in [-0.39, 0.29) is 5.56 Å². The molecule has 8 heteroatoms. The number of carboxylic acid groups (broad SMARTS) is 1. The van der Waals surface area contributed by atoms with Gasteiger partial charge < -0.3 is 5.11 Å². The van der Waals surface area contributed by atoms with Gasteiger partial charge in [0.1, 0.15) is 15.6 Å². The first-order chi connectivity index (χ1) is 13.1. The lowest BCUT2D eigenvalue weighted by Gasteiger charge is -2.21. The van der Waals surface area contributed by atoms with Gasteiger partial charge in [-0.1, -0.05) is 60.8 Å². The number of aromatic nitrogens is 2. The van der Waals surface area contributed by atoms with Gasteiger partial charge in [-0.05, 0) is 30.7 Å². The maximum absolute atomic E-state index is 12.0. The molecule has 3 rings (SSSR count). The van der Waals surface area contributed by atoms with E-state index in [4.69, 9.17) is 11.6 Å². The fourth-order valence-corrected chi connectivity index (χ4v) is 6.14. The van der Waals surface area contributed by atoms with Gasteiger partial charge in [0.05, 0.1) is 0 Å². The molecule has 1 N–H and O–H groups in total. The first-order valence-electron chi connectivity index (χ1n) is 8.80. The molecule has 144 valence electrons. The van der Waals surface area contributed by atoms with Crippen LogP contribution in [0.15, 0.2) is 39.5 Å². The zero-order valence-corrected chi connectivity index (χ0v) is 18.2. The van der Waals surface area contributed by atoms with Gasteiger partial charge in [-0.25, -0.2) is 14.8 Å². The Morgan fingerprint density at radius 1 is 1.19 bits per heavy atom. The van der Waals surface area contributed by atoms with E-state index in [1.807, 2.05) is 30.5 Å². The van der Waals surface area contributed by atoms with Crippen LogP contribution in [0.4, 0.5) is 0 Å². The number of hydrogen-bond acceptors (Lipinski definition) is 6. The Labute approximate surface area is 177 Å². The minimum absolute atomic E-state index is 0.223. The van der Waals surface area contributed by atoms with Gasteiger partial charge in [-0.2, -0.15) is 0 Å². The third-order valence-electron chi connectivity index (χ3n) is 4.37. The molecule has 1 aromatic heterocycles. The predicted octanol–water partition coefficient (Wildman–Crippen LogP) is 6.27. The molecule has 1 aliphatic carbocycles. The number of halogens is 1. The minimum atomic E-state index is -0.970. The van der Waals surface area contributed by atoms with Crippen LogP contribution in [0.1, 0.15) is 48.0 Å². The van der Waals surface area contributed by atoms with Crippen molar-refractivity contribution in [2.75, 3.05) is 6.26 Å². The molecular formula is C19H21ClN2O2S3. The van der Waals surface area contributed by atoms with Crippen LogP contribution in [-0.4, -0.2) is 32.5 Å². The Balaban J connectivity index is 1.89. The molecule has 1 aromatic carbocycles. The average Bonchev–Trinajstić information content (AvgIpc) is 2.67.